The molecule has 22 heavy (non-hydrogen) atoms. The van der Waals surface area contributed by atoms with Crippen LogP contribution in [0.2, 0.25) is 10.0 Å². The lowest BCUT2D eigenvalue weighted by atomic mass is 9.99. The lowest BCUT2D eigenvalue weighted by Crippen LogP contribution is -2.17. The molecule has 3 rings (SSSR count). The molecular formula is C14H13Cl2N5O. The number of fused-ring (bicyclic) bond motifs is 3. The van der Waals surface area contributed by atoms with Gasteiger partial charge in [0.15, 0.2) is 0 Å². The lowest BCUT2D eigenvalue weighted by Gasteiger charge is -2.13. The normalized spacial score (nSPS) is 19.8. The summed E-state index contributed by atoms with van der Waals surface area (Å²) in [4.78, 5) is 7.25. The van der Waals surface area contributed by atoms with Crippen LogP contribution in [0.3, 0.4) is 0 Å². The zero-order valence-corrected chi connectivity index (χ0v) is 13.5. The first-order valence-corrected chi connectivity index (χ1v) is 7.45. The average molecular weight is 338 g/mol. The van der Waals surface area contributed by atoms with E-state index in [0.717, 1.165) is 16.5 Å². The Hall–Kier alpha value is -1.72. The molecule has 2 atom stereocenters. The predicted molar refractivity (Wildman–Crippen MR) is 86.6 cm³/mol. The van der Waals surface area contributed by atoms with Gasteiger partial charge in [0.1, 0.15) is 10.8 Å². The highest BCUT2D eigenvalue weighted by atomic mass is 35.5. The number of ether oxygens (including phenoxy) is 1. The summed E-state index contributed by atoms with van der Waals surface area (Å²) in [5.41, 5.74) is 11.2. The summed E-state index contributed by atoms with van der Waals surface area (Å²) in [6, 6.07) is 1.88. The molecule has 1 aromatic heterocycles. The number of aromatic nitrogens is 1. The van der Waals surface area contributed by atoms with Crippen molar-refractivity contribution in [3.05, 3.63) is 43.9 Å². The van der Waals surface area contributed by atoms with Gasteiger partial charge in [0.2, 0.25) is 0 Å². The van der Waals surface area contributed by atoms with Crippen LogP contribution in [0.4, 0.5) is 0 Å². The molecule has 0 amide bonds. The summed E-state index contributed by atoms with van der Waals surface area (Å²) >= 11 is 12.5. The minimum absolute atomic E-state index is 0.0572. The fourth-order valence-corrected chi connectivity index (χ4v) is 3.40. The van der Waals surface area contributed by atoms with Crippen LogP contribution >= 0.6 is 23.2 Å². The topological polar surface area (TPSA) is 82.9 Å². The number of halogens is 2. The number of hydrogen-bond acceptors (Lipinski definition) is 4. The van der Waals surface area contributed by atoms with Crippen LogP contribution < -0.4 is 10.1 Å². The molecule has 1 aromatic carbocycles. The molecule has 8 heteroatoms. The fraction of sp³-hybridized carbons (Fsp3) is 0.357. The van der Waals surface area contributed by atoms with E-state index in [1.54, 1.807) is 13.3 Å². The van der Waals surface area contributed by atoms with Gasteiger partial charge in [-0.3, -0.25) is 4.98 Å². The number of benzene rings is 1. The number of methoxy groups -OCH3 is 1. The third-order valence-corrected chi connectivity index (χ3v) is 4.73. The van der Waals surface area contributed by atoms with Crippen molar-refractivity contribution < 1.29 is 4.74 Å². The van der Waals surface area contributed by atoms with E-state index >= 15 is 0 Å². The number of rotatable bonds is 3. The fourth-order valence-electron chi connectivity index (χ4n) is 2.94. The van der Waals surface area contributed by atoms with E-state index in [4.69, 9.17) is 33.5 Å². The molecule has 0 spiro atoms. The molecule has 2 aromatic rings. The zero-order valence-electron chi connectivity index (χ0n) is 12.0. The molecule has 0 fully saturated rings. The van der Waals surface area contributed by atoms with Crippen LogP contribution in [0.1, 0.15) is 30.1 Å². The van der Waals surface area contributed by atoms with Crippen molar-refractivity contribution in [1.82, 2.24) is 10.3 Å². The van der Waals surface area contributed by atoms with E-state index in [1.165, 1.54) is 0 Å². The maximum atomic E-state index is 8.51. The first-order valence-electron chi connectivity index (χ1n) is 6.69. The van der Waals surface area contributed by atoms with Gasteiger partial charge in [-0.25, -0.2) is 0 Å². The standard InChI is InChI=1S/C14H13Cl2N5O/c1-6-11-7-3-10(22-2)12(15)13(16)14(7)18-4-8(11)9(20-6)5-19-21-17/h3-4,6,9,20H,5H2,1-2H3/t6-,9?/m0/s1. The van der Waals surface area contributed by atoms with Crippen LogP contribution in [0.5, 0.6) is 5.75 Å². The van der Waals surface area contributed by atoms with Gasteiger partial charge in [0.05, 0.1) is 17.6 Å². The van der Waals surface area contributed by atoms with Crippen LogP contribution in [-0.2, 0) is 0 Å². The number of azide groups is 1. The summed E-state index contributed by atoms with van der Waals surface area (Å²) in [6.07, 6.45) is 1.76. The Morgan fingerprint density at radius 1 is 1.45 bits per heavy atom. The largest absolute Gasteiger partial charge is 0.495 e. The van der Waals surface area contributed by atoms with Crippen molar-refractivity contribution in [3.8, 4) is 5.75 Å². The van der Waals surface area contributed by atoms with E-state index in [1.807, 2.05) is 13.0 Å². The smallest absolute Gasteiger partial charge is 0.139 e. The van der Waals surface area contributed by atoms with E-state index in [-0.39, 0.29) is 12.1 Å². The van der Waals surface area contributed by atoms with Gasteiger partial charge in [-0.1, -0.05) is 28.3 Å². The van der Waals surface area contributed by atoms with Gasteiger partial charge in [0.25, 0.3) is 0 Å². The third-order valence-electron chi connectivity index (χ3n) is 3.89. The SMILES string of the molecule is COc1cc2c3c(cnc2c(Cl)c1Cl)C(CN=[N+]=[N-])N[C@H]3C. The summed E-state index contributed by atoms with van der Waals surface area (Å²) in [6.45, 7) is 2.38. The highest BCUT2D eigenvalue weighted by Gasteiger charge is 2.30. The first-order chi connectivity index (χ1) is 10.6. The van der Waals surface area contributed by atoms with Gasteiger partial charge in [-0.15, -0.1) is 0 Å². The van der Waals surface area contributed by atoms with Gasteiger partial charge < -0.3 is 10.1 Å². The Kier molecular flexibility index (Phi) is 4.02. The van der Waals surface area contributed by atoms with Crippen LogP contribution in [0, 0.1) is 0 Å². The Balaban J connectivity index is 2.26. The van der Waals surface area contributed by atoms with Crippen molar-refractivity contribution in [2.24, 2.45) is 5.11 Å². The van der Waals surface area contributed by atoms with Crippen molar-refractivity contribution >= 4 is 34.1 Å². The summed E-state index contributed by atoms with van der Waals surface area (Å²) in [5, 5.41) is 8.68. The average Bonchev–Trinajstić information content (AvgIpc) is 2.85. The summed E-state index contributed by atoms with van der Waals surface area (Å²) in [7, 11) is 1.55. The van der Waals surface area contributed by atoms with E-state index < -0.39 is 0 Å². The zero-order chi connectivity index (χ0) is 15.9. The molecule has 1 aliphatic heterocycles. The molecule has 0 saturated heterocycles. The second-order valence-electron chi connectivity index (χ2n) is 5.08. The Labute approximate surface area is 137 Å². The summed E-state index contributed by atoms with van der Waals surface area (Å²) < 4.78 is 5.29. The minimum atomic E-state index is -0.0572. The van der Waals surface area contributed by atoms with Crippen molar-refractivity contribution in [3.63, 3.8) is 0 Å². The molecule has 0 aliphatic carbocycles. The maximum absolute atomic E-state index is 8.51. The third kappa shape index (κ3) is 2.25. The number of hydrogen-bond donors (Lipinski definition) is 1. The Bertz CT molecular complexity index is 804. The molecule has 114 valence electrons. The van der Waals surface area contributed by atoms with Crippen LogP contribution in [0.25, 0.3) is 21.3 Å². The Morgan fingerprint density at radius 2 is 2.23 bits per heavy atom. The van der Waals surface area contributed by atoms with E-state index in [0.29, 0.717) is 27.9 Å². The number of nitrogens with one attached hydrogen (secondary N) is 1. The monoisotopic (exact) mass is 337 g/mol. The number of nitrogens with zero attached hydrogens (tertiary/aromatic N) is 4. The molecule has 0 bridgehead atoms. The lowest BCUT2D eigenvalue weighted by molar-refractivity contribution is 0.415. The molecular weight excluding hydrogens is 325 g/mol. The first kappa shape index (κ1) is 15.2. The van der Waals surface area contributed by atoms with Crippen LogP contribution in [-0.4, -0.2) is 18.6 Å². The second kappa shape index (κ2) is 5.82. The van der Waals surface area contributed by atoms with Gasteiger partial charge in [-0.05, 0) is 29.6 Å². The second-order valence-corrected chi connectivity index (χ2v) is 5.84. The minimum Gasteiger partial charge on any atom is -0.495 e. The Morgan fingerprint density at radius 3 is 2.91 bits per heavy atom. The quantitative estimate of drug-likeness (QED) is 0.506. The van der Waals surface area contributed by atoms with Gasteiger partial charge >= 0.3 is 0 Å². The molecule has 6 nitrogen and oxygen atoms in total. The highest BCUT2D eigenvalue weighted by molar-refractivity contribution is 6.46. The molecule has 0 saturated carbocycles. The van der Waals surface area contributed by atoms with Gasteiger partial charge in [0, 0.05) is 35.1 Å². The van der Waals surface area contributed by atoms with Crippen LogP contribution in [0.15, 0.2) is 17.4 Å². The predicted octanol–water partition coefficient (Wildman–Crippen LogP) is 4.57. The van der Waals surface area contributed by atoms with E-state index in [9.17, 15) is 0 Å². The molecule has 1 aliphatic rings. The van der Waals surface area contributed by atoms with Crippen molar-refractivity contribution in [2.75, 3.05) is 13.7 Å². The molecule has 1 unspecified atom stereocenters. The molecule has 1 N–H and O–H groups in total. The van der Waals surface area contributed by atoms with Crippen molar-refractivity contribution in [2.45, 2.75) is 19.0 Å². The van der Waals surface area contributed by atoms with Crippen molar-refractivity contribution in [1.29, 1.82) is 0 Å². The van der Waals surface area contributed by atoms with E-state index in [2.05, 4.69) is 20.3 Å². The summed E-state index contributed by atoms with van der Waals surface area (Å²) in [5.74, 6) is 0.514. The highest BCUT2D eigenvalue weighted by Crippen LogP contribution is 2.43. The number of pyridine rings is 1. The molecule has 2 heterocycles. The maximum Gasteiger partial charge on any atom is 0.139 e. The van der Waals surface area contributed by atoms with Gasteiger partial charge in [-0.2, -0.15) is 0 Å². The molecule has 0 radical (unpaired) electrons.